The molecule has 6 nitrogen and oxygen atoms in total. The minimum absolute atomic E-state index is 0.00725. The van der Waals surface area contributed by atoms with Crippen LogP contribution in [0.5, 0.6) is 0 Å². The van der Waals surface area contributed by atoms with E-state index in [1.165, 1.54) is 24.3 Å². The molecule has 0 aromatic heterocycles. The number of nitrogens with one attached hydrogen (secondary N) is 1. The van der Waals surface area contributed by atoms with Gasteiger partial charge in [0.25, 0.3) is 5.91 Å². The number of carboxylic acid groups (broad SMARTS) is 1. The van der Waals surface area contributed by atoms with Crippen LogP contribution in [-0.2, 0) is 9.59 Å². The Labute approximate surface area is 138 Å². The molecule has 1 atom stereocenters. The van der Waals surface area contributed by atoms with E-state index >= 15 is 0 Å². The molecule has 1 fully saturated rings. The molecule has 6 heteroatoms. The molecule has 2 aromatic carbocycles. The Morgan fingerprint density at radius 3 is 2.29 bits per heavy atom. The van der Waals surface area contributed by atoms with E-state index in [9.17, 15) is 19.5 Å². The van der Waals surface area contributed by atoms with Gasteiger partial charge in [-0.05, 0) is 36.8 Å². The zero-order chi connectivity index (χ0) is 17.3. The first kappa shape index (κ1) is 15.7. The van der Waals surface area contributed by atoms with Gasteiger partial charge in [0, 0.05) is 5.69 Å². The second-order valence-electron chi connectivity index (χ2n) is 5.67. The summed E-state index contributed by atoms with van der Waals surface area (Å²) < 4.78 is 0. The quantitative estimate of drug-likeness (QED) is 0.851. The van der Waals surface area contributed by atoms with Crippen molar-refractivity contribution in [3.05, 3.63) is 59.7 Å². The lowest BCUT2D eigenvalue weighted by molar-refractivity contribution is -0.255. The summed E-state index contributed by atoms with van der Waals surface area (Å²) in [5, 5.41) is 13.8. The van der Waals surface area contributed by atoms with Crippen molar-refractivity contribution in [3.8, 4) is 0 Å². The summed E-state index contributed by atoms with van der Waals surface area (Å²) in [5.41, 5.74) is 2.21. The average Bonchev–Trinajstić information content (AvgIpc) is 2.83. The highest BCUT2D eigenvalue weighted by atomic mass is 16.4. The van der Waals surface area contributed by atoms with E-state index in [4.69, 9.17) is 0 Å². The molecule has 3 rings (SSSR count). The van der Waals surface area contributed by atoms with Crippen LogP contribution in [0.4, 0.5) is 11.4 Å². The molecule has 1 aliphatic heterocycles. The molecule has 2 aromatic rings. The summed E-state index contributed by atoms with van der Waals surface area (Å²) >= 11 is 0. The van der Waals surface area contributed by atoms with Crippen LogP contribution in [0.2, 0.25) is 0 Å². The summed E-state index contributed by atoms with van der Waals surface area (Å²) in [5.74, 6) is -1.99. The molecule has 1 saturated heterocycles. The Hall–Kier alpha value is -3.15. The average molecular weight is 323 g/mol. The highest BCUT2D eigenvalue weighted by molar-refractivity contribution is 6.23. The van der Waals surface area contributed by atoms with Gasteiger partial charge in [0.1, 0.15) is 6.04 Å². The van der Waals surface area contributed by atoms with Crippen LogP contribution in [0.25, 0.3) is 0 Å². The summed E-state index contributed by atoms with van der Waals surface area (Å²) in [6.45, 7) is 1.96. The van der Waals surface area contributed by atoms with Gasteiger partial charge in [0.2, 0.25) is 5.91 Å². The van der Waals surface area contributed by atoms with Gasteiger partial charge in [-0.25, -0.2) is 4.90 Å². The van der Waals surface area contributed by atoms with E-state index < -0.39 is 12.0 Å². The third-order valence-electron chi connectivity index (χ3n) is 3.90. The number of aromatic carboxylic acids is 1. The molecule has 1 N–H and O–H groups in total. The Kier molecular flexibility index (Phi) is 4.04. The van der Waals surface area contributed by atoms with Gasteiger partial charge in [0.15, 0.2) is 0 Å². The van der Waals surface area contributed by atoms with Crippen LogP contribution < -0.4 is 15.3 Å². The lowest BCUT2D eigenvalue weighted by atomic mass is 10.2. The monoisotopic (exact) mass is 323 g/mol. The first-order valence-electron chi connectivity index (χ1n) is 7.47. The number of carbonyl (C=O) groups is 3. The summed E-state index contributed by atoms with van der Waals surface area (Å²) in [4.78, 5) is 36.6. The number of nitrogens with zero attached hydrogens (tertiary/aromatic N) is 1. The second-order valence-corrected chi connectivity index (χ2v) is 5.67. The molecule has 24 heavy (non-hydrogen) atoms. The molecule has 0 bridgehead atoms. The number of carboxylic acids is 1. The predicted molar refractivity (Wildman–Crippen MR) is 86.5 cm³/mol. The standard InChI is InChI=1S/C18H16N2O4/c1-11-2-6-13(7-3-11)19-15-10-16(21)20(17(15)22)14-8-4-12(5-9-14)18(23)24/h2-9,15,19H,10H2,1H3,(H,23,24)/p-1. The van der Waals surface area contributed by atoms with Crippen molar-refractivity contribution < 1.29 is 19.5 Å². The number of aryl methyl sites for hydroxylation is 1. The molecule has 2 amide bonds. The Balaban J connectivity index is 1.78. The molecule has 0 saturated carbocycles. The van der Waals surface area contributed by atoms with E-state index in [0.29, 0.717) is 5.69 Å². The summed E-state index contributed by atoms with van der Waals surface area (Å²) in [6.07, 6.45) is 0.0505. The second kappa shape index (κ2) is 6.16. The Bertz CT molecular complexity index is 797. The van der Waals surface area contributed by atoms with Gasteiger partial charge >= 0.3 is 0 Å². The van der Waals surface area contributed by atoms with Gasteiger partial charge in [-0.15, -0.1) is 0 Å². The highest BCUT2D eigenvalue weighted by Crippen LogP contribution is 2.25. The first-order valence-corrected chi connectivity index (χ1v) is 7.47. The highest BCUT2D eigenvalue weighted by Gasteiger charge is 2.39. The maximum atomic E-state index is 12.5. The topological polar surface area (TPSA) is 89.5 Å². The van der Waals surface area contributed by atoms with E-state index in [0.717, 1.165) is 16.2 Å². The summed E-state index contributed by atoms with van der Waals surface area (Å²) in [7, 11) is 0. The lowest BCUT2D eigenvalue weighted by Gasteiger charge is -2.16. The SMILES string of the molecule is Cc1ccc(NC2CC(=O)N(c3ccc(C(=O)[O-])cc3)C2=O)cc1. The van der Waals surface area contributed by atoms with Crippen molar-refractivity contribution in [2.45, 2.75) is 19.4 Å². The number of benzene rings is 2. The van der Waals surface area contributed by atoms with Crippen LogP contribution in [0, 0.1) is 6.92 Å². The van der Waals surface area contributed by atoms with Gasteiger partial charge in [-0.2, -0.15) is 0 Å². The lowest BCUT2D eigenvalue weighted by Crippen LogP contribution is -2.34. The number of imide groups is 1. The van der Waals surface area contributed by atoms with Gasteiger partial charge in [-0.1, -0.05) is 29.8 Å². The number of carbonyl (C=O) groups excluding carboxylic acids is 3. The maximum Gasteiger partial charge on any atom is 0.256 e. The fourth-order valence-corrected chi connectivity index (χ4v) is 2.61. The van der Waals surface area contributed by atoms with E-state index in [-0.39, 0.29) is 23.8 Å². The predicted octanol–water partition coefficient (Wildman–Crippen LogP) is 1.10. The van der Waals surface area contributed by atoms with Crippen LogP contribution in [0.1, 0.15) is 22.3 Å². The van der Waals surface area contributed by atoms with Crippen LogP contribution in [0.3, 0.4) is 0 Å². The zero-order valence-electron chi connectivity index (χ0n) is 13.0. The third-order valence-corrected chi connectivity index (χ3v) is 3.90. The van der Waals surface area contributed by atoms with Crippen molar-refractivity contribution in [1.82, 2.24) is 0 Å². The molecular formula is C18H15N2O4-. The minimum Gasteiger partial charge on any atom is -0.545 e. The Morgan fingerprint density at radius 1 is 1.08 bits per heavy atom. The fourth-order valence-electron chi connectivity index (χ4n) is 2.61. The molecule has 0 spiro atoms. The van der Waals surface area contributed by atoms with Gasteiger partial charge in [0.05, 0.1) is 18.1 Å². The van der Waals surface area contributed by atoms with E-state index in [1.54, 1.807) is 0 Å². The number of anilines is 2. The number of rotatable bonds is 4. The third kappa shape index (κ3) is 2.99. The van der Waals surface area contributed by atoms with Crippen molar-refractivity contribution in [1.29, 1.82) is 0 Å². The molecule has 1 heterocycles. The van der Waals surface area contributed by atoms with Crippen molar-refractivity contribution in [2.75, 3.05) is 10.2 Å². The number of hydrogen-bond acceptors (Lipinski definition) is 5. The van der Waals surface area contributed by atoms with Crippen molar-refractivity contribution in [3.63, 3.8) is 0 Å². The molecular weight excluding hydrogens is 308 g/mol. The molecule has 122 valence electrons. The smallest absolute Gasteiger partial charge is 0.256 e. The normalized spacial score (nSPS) is 17.2. The van der Waals surface area contributed by atoms with Crippen molar-refractivity contribution in [2.24, 2.45) is 0 Å². The van der Waals surface area contributed by atoms with E-state index in [1.807, 2.05) is 31.2 Å². The molecule has 1 unspecified atom stereocenters. The molecule has 0 radical (unpaired) electrons. The largest absolute Gasteiger partial charge is 0.545 e. The van der Waals surface area contributed by atoms with Crippen LogP contribution in [-0.4, -0.2) is 23.8 Å². The van der Waals surface area contributed by atoms with Crippen LogP contribution >= 0.6 is 0 Å². The summed E-state index contributed by atoms with van der Waals surface area (Å²) in [6, 6.07) is 12.4. The first-order chi connectivity index (χ1) is 11.5. The fraction of sp³-hybridized carbons (Fsp3) is 0.167. The number of hydrogen-bond donors (Lipinski definition) is 1. The zero-order valence-corrected chi connectivity index (χ0v) is 13.0. The van der Waals surface area contributed by atoms with Crippen molar-refractivity contribution >= 4 is 29.2 Å². The maximum absolute atomic E-state index is 12.5. The Morgan fingerprint density at radius 2 is 1.71 bits per heavy atom. The molecule has 0 aliphatic carbocycles. The minimum atomic E-state index is -1.31. The number of amides is 2. The van der Waals surface area contributed by atoms with Gasteiger partial charge in [-0.3, -0.25) is 9.59 Å². The molecule has 1 aliphatic rings. The van der Waals surface area contributed by atoms with Crippen LogP contribution in [0.15, 0.2) is 48.5 Å². The van der Waals surface area contributed by atoms with Gasteiger partial charge < -0.3 is 15.2 Å². The van der Waals surface area contributed by atoms with E-state index in [2.05, 4.69) is 5.32 Å².